The van der Waals surface area contributed by atoms with Crippen molar-refractivity contribution in [3.05, 3.63) is 75.8 Å². The molecule has 6 heteroatoms. The Balaban J connectivity index is 1.63. The van der Waals surface area contributed by atoms with Crippen molar-refractivity contribution in [3.8, 4) is 0 Å². The highest BCUT2D eigenvalue weighted by molar-refractivity contribution is 6.31. The zero-order valence-corrected chi connectivity index (χ0v) is 16.6. The maximum atomic E-state index is 12.3. The first-order chi connectivity index (χ1) is 14.2. The fourth-order valence-corrected chi connectivity index (χ4v) is 4.35. The summed E-state index contributed by atoms with van der Waals surface area (Å²) in [7, 11) is 0. The molecule has 148 valence electrons. The number of anilines is 1. The number of furan rings is 1. The summed E-state index contributed by atoms with van der Waals surface area (Å²) in [5, 5.41) is 5.98. The van der Waals surface area contributed by atoms with Gasteiger partial charge in [-0.1, -0.05) is 23.7 Å². The molecule has 0 saturated carbocycles. The first kappa shape index (κ1) is 18.3. The molecule has 29 heavy (non-hydrogen) atoms. The van der Waals surface area contributed by atoms with Gasteiger partial charge in [-0.2, -0.15) is 0 Å². The number of nitrogens with zero attached hydrogens (tertiary/aromatic N) is 1. The Labute approximate surface area is 172 Å². The van der Waals surface area contributed by atoms with Crippen LogP contribution in [-0.4, -0.2) is 19.1 Å². The molecular weight excluding hydrogens is 388 g/mol. The Morgan fingerprint density at radius 3 is 2.76 bits per heavy atom. The number of hydrogen-bond acceptors (Lipinski definition) is 5. The van der Waals surface area contributed by atoms with Gasteiger partial charge in [0.2, 0.25) is 0 Å². The number of hydrogen-bond donors (Lipinski definition) is 1. The van der Waals surface area contributed by atoms with Crippen LogP contribution in [0.25, 0.3) is 21.9 Å². The minimum absolute atomic E-state index is 0.313. The van der Waals surface area contributed by atoms with Crippen molar-refractivity contribution in [1.29, 1.82) is 0 Å². The van der Waals surface area contributed by atoms with E-state index in [0.29, 0.717) is 23.2 Å². The van der Waals surface area contributed by atoms with Crippen LogP contribution in [0.5, 0.6) is 0 Å². The third-order valence-electron chi connectivity index (χ3n) is 5.62. The van der Waals surface area contributed by atoms with Crippen molar-refractivity contribution < 1.29 is 8.83 Å². The number of halogens is 1. The Morgan fingerprint density at radius 1 is 1.03 bits per heavy atom. The van der Waals surface area contributed by atoms with E-state index in [1.165, 1.54) is 0 Å². The Bertz CT molecular complexity index is 1220. The second-order valence-electron chi connectivity index (χ2n) is 7.49. The lowest BCUT2D eigenvalue weighted by Gasteiger charge is -2.37. The molecule has 1 saturated heterocycles. The molecule has 0 spiro atoms. The van der Waals surface area contributed by atoms with Crippen molar-refractivity contribution in [1.82, 2.24) is 5.32 Å². The third-order valence-corrected chi connectivity index (χ3v) is 5.85. The van der Waals surface area contributed by atoms with Gasteiger partial charge < -0.3 is 19.1 Å². The molecule has 0 unspecified atom stereocenters. The number of fused-ring (bicyclic) bond motifs is 2. The highest BCUT2D eigenvalue weighted by Crippen LogP contribution is 2.32. The van der Waals surface area contributed by atoms with E-state index in [9.17, 15) is 4.79 Å². The molecule has 0 bridgehead atoms. The molecule has 0 aliphatic carbocycles. The number of piperidine rings is 1. The predicted octanol–water partition coefficient (Wildman–Crippen LogP) is 4.95. The molecule has 5 rings (SSSR count). The SMILES string of the molecule is O=c1cc(N(Cc2ccc3ccoc3c2)C2CCNCC2)c2cc(Cl)ccc2o1. The smallest absolute Gasteiger partial charge is 0.338 e. The summed E-state index contributed by atoms with van der Waals surface area (Å²) in [6.45, 7) is 2.59. The van der Waals surface area contributed by atoms with Crippen molar-refractivity contribution >= 4 is 39.2 Å². The lowest BCUT2D eigenvalue weighted by Crippen LogP contribution is -2.43. The van der Waals surface area contributed by atoms with Crippen LogP contribution in [0.2, 0.25) is 5.02 Å². The molecular formula is C23H21ClN2O3. The van der Waals surface area contributed by atoms with Gasteiger partial charge in [-0.15, -0.1) is 0 Å². The van der Waals surface area contributed by atoms with E-state index in [0.717, 1.165) is 53.5 Å². The normalized spacial score (nSPS) is 15.2. The van der Waals surface area contributed by atoms with E-state index in [2.05, 4.69) is 28.4 Å². The van der Waals surface area contributed by atoms with E-state index >= 15 is 0 Å². The Hall–Kier alpha value is -2.76. The van der Waals surface area contributed by atoms with Crippen LogP contribution >= 0.6 is 11.6 Å². The second kappa shape index (κ2) is 7.58. The van der Waals surface area contributed by atoms with Crippen LogP contribution in [-0.2, 0) is 6.54 Å². The molecule has 1 N–H and O–H groups in total. The third kappa shape index (κ3) is 3.63. The maximum Gasteiger partial charge on any atom is 0.338 e. The largest absolute Gasteiger partial charge is 0.464 e. The number of rotatable bonds is 4. The highest BCUT2D eigenvalue weighted by Gasteiger charge is 2.24. The topological polar surface area (TPSA) is 58.6 Å². The summed E-state index contributed by atoms with van der Waals surface area (Å²) in [5.74, 6) is 0. The molecule has 0 amide bonds. The molecule has 2 aromatic heterocycles. The second-order valence-corrected chi connectivity index (χ2v) is 7.93. The Kier molecular flexibility index (Phi) is 4.78. The average Bonchev–Trinajstić information content (AvgIpc) is 3.20. The summed E-state index contributed by atoms with van der Waals surface area (Å²) in [4.78, 5) is 14.6. The fourth-order valence-electron chi connectivity index (χ4n) is 4.18. The minimum atomic E-state index is -0.352. The number of nitrogens with one attached hydrogen (secondary N) is 1. The van der Waals surface area contributed by atoms with E-state index in [4.69, 9.17) is 20.4 Å². The van der Waals surface area contributed by atoms with E-state index < -0.39 is 0 Å². The molecule has 4 aromatic rings. The first-order valence-electron chi connectivity index (χ1n) is 9.84. The summed E-state index contributed by atoms with van der Waals surface area (Å²) >= 11 is 6.27. The molecule has 1 aliphatic heterocycles. The van der Waals surface area contributed by atoms with Crippen LogP contribution in [0.15, 0.2) is 68.4 Å². The van der Waals surface area contributed by atoms with Gasteiger partial charge in [-0.25, -0.2) is 4.79 Å². The first-order valence-corrected chi connectivity index (χ1v) is 10.2. The molecule has 0 atom stereocenters. The monoisotopic (exact) mass is 408 g/mol. The van der Waals surface area contributed by atoms with Crippen molar-refractivity contribution in [3.63, 3.8) is 0 Å². The molecule has 0 radical (unpaired) electrons. The molecule has 1 fully saturated rings. The summed E-state index contributed by atoms with van der Waals surface area (Å²) in [5.41, 5.74) is 3.07. The van der Waals surface area contributed by atoms with Crippen LogP contribution in [0, 0.1) is 0 Å². The van der Waals surface area contributed by atoms with Gasteiger partial charge >= 0.3 is 5.63 Å². The van der Waals surface area contributed by atoms with Gasteiger partial charge in [0.15, 0.2) is 0 Å². The van der Waals surface area contributed by atoms with Crippen LogP contribution < -0.4 is 15.8 Å². The summed E-state index contributed by atoms with van der Waals surface area (Å²) < 4.78 is 11.0. The molecule has 1 aliphatic rings. The number of benzene rings is 2. The average molecular weight is 409 g/mol. The van der Waals surface area contributed by atoms with Gasteiger partial charge in [-0.3, -0.25) is 0 Å². The van der Waals surface area contributed by atoms with E-state index in [-0.39, 0.29) is 5.63 Å². The zero-order chi connectivity index (χ0) is 19.8. The molecule has 2 aromatic carbocycles. The predicted molar refractivity (Wildman–Crippen MR) is 116 cm³/mol. The quantitative estimate of drug-likeness (QED) is 0.484. The fraction of sp³-hybridized carbons (Fsp3) is 0.261. The highest BCUT2D eigenvalue weighted by atomic mass is 35.5. The van der Waals surface area contributed by atoms with Gasteiger partial charge in [0.05, 0.1) is 12.0 Å². The van der Waals surface area contributed by atoms with Crippen LogP contribution in [0.3, 0.4) is 0 Å². The maximum absolute atomic E-state index is 12.3. The van der Waals surface area contributed by atoms with Crippen molar-refractivity contribution in [2.45, 2.75) is 25.4 Å². The standard InChI is InChI=1S/C23H21ClN2O3/c24-17-3-4-21-19(12-17)20(13-23(27)29-21)26(18-5-8-25-9-6-18)14-15-1-2-16-7-10-28-22(16)11-15/h1-4,7,10-13,18,25H,5-6,8-9,14H2. The molecule has 5 nitrogen and oxygen atoms in total. The zero-order valence-electron chi connectivity index (χ0n) is 15.9. The van der Waals surface area contributed by atoms with Gasteiger partial charge in [-0.05, 0) is 61.8 Å². The summed E-state index contributed by atoms with van der Waals surface area (Å²) in [6, 6.07) is 15.5. The minimum Gasteiger partial charge on any atom is -0.464 e. The Morgan fingerprint density at radius 2 is 1.90 bits per heavy atom. The molecule has 3 heterocycles. The van der Waals surface area contributed by atoms with E-state index in [1.54, 1.807) is 24.5 Å². The van der Waals surface area contributed by atoms with Crippen molar-refractivity contribution in [2.75, 3.05) is 18.0 Å². The summed E-state index contributed by atoms with van der Waals surface area (Å²) in [6.07, 6.45) is 3.72. The van der Waals surface area contributed by atoms with Gasteiger partial charge in [0, 0.05) is 34.4 Å². The van der Waals surface area contributed by atoms with Crippen LogP contribution in [0.4, 0.5) is 5.69 Å². The lowest BCUT2D eigenvalue weighted by atomic mass is 10.0. The van der Waals surface area contributed by atoms with Crippen LogP contribution in [0.1, 0.15) is 18.4 Å². The van der Waals surface area contributed by atoms with E-state index in [1.807, 2.05) is 12.1 Å². The lowest BCUT2D eigenvalue weighted by molar-refractivity contribution is 0.428. The van der Waals surface area contributed by atoms with Gasteiger partial charge in [0.25, 0.3) is 0 Å². The van der Waals surface area contributed by atoms with Crippen molar-refractivity contribution in [2.24, 2.45) is 0 Å². The van der Waals surface area contributed by atoms with Gasteiger partial charge in [0.1, 0.15) is 11.2 Å².